The summed E-state index contributed by atoms with van der Waals surface area (Å²) in [4.78, 5) is 11.7. The number of benzene rings is 1. The molecule has 0 fully saturated rings. The molecule has 19 heavy (non-hydrogen) atoms. The summed E-state index contributed by atoms with van der Waals surface area (Å²) < 4.78 is 18.9. The highest BCUT2D eigenvalue weighted by Crippen LogP contribution is 2.27. The van der Waals surface area contributed by atoms with E-state index >= 15 is 0 Å². The molecule has 0 aliphatic heterocycles. The third-order valence-electron chi connectivity index (χ3n) is 3.04. The molecule has 4 heteroatoms. The van der Waals surface area contributed by atoms with Crippen LogP contribution < -0.4 is 5.32 Å². The van der Waals surface area contributed by atoms with Gasteiger partial charge in [0, 0.05) is 5.56 Å². The lowest BCUT2D eigenvalue weighted by Crippen LogP contribution is -2.43. The fraction of sp³-hybridized carbons (Fsp3) is 0.533. The molecule has 0 aliphatic carbocycles. The van der Waals surface area contributed by atoms with Crippen LogP contribution in [-0.2, 0) is 15.1 Å². The lowest BCUT2D eigenvalue weighted by Gasteiger charge is -2.31. The molecule has 0 bridgehead atoms. The highest BCUT2D eigenvalue weighted by atomic mass is 19.1. The predicted octanol–water partition coefficient (Wildman–Crippen LogP) is 2.99. The van der Waals surface area contributed by atoms with Gasteiger partial charge in [-0.3, -0.25) is 4.79 Å². The fourth-order valence-corrected chi connectivity index (χ4v) is 2.06. The van der Waals surface area contributed by atoms with Crippen LogP contribution in [-0.4, -0.2) is 19.1 Å². The van der Waals surface area contributed by atoms with Crippen LogP contribution >= 0.6 is 0 Å². The molecular weight excluding hydrogens is 245 g/mol. The lowest BCUT2D eigenvalue weighted by molar-refractivity contribution is -0.144. The number of rotatable bonds is 7. The number of hydrogen-bond donors (Lipinski definition) is 1. The first-order valence-corrected chi connectivity index (χ1v) is 6.69. The molecule has 0 saturated heterocycles. The lowest BCUT2D eigenvalue weighted by atomic mass is 9.88. The summed E-state index contributed by atoms with van der Waals surface area (Å²) in [7, 11) is 0. The van der Waals surface area contributed by atoms with Gasteiger partial charge in [-0.2, -0.15) is 0 Å². The first-order valence-electron chi connectivity index (χ1n) is 6.69. The van der Waals surface area contributed by atoms with Crippen molar-refractivity contribution in [3.63, 3.8) is 0 Å². The minimum Gasteiger partial charge on any atom is -0.466 e. The van der Waals surface area contributed by atoms with Crippen molar-refractivity contribution in [3.05, 3.63) is 35.6 Å². The number of nitrogens with one attached hydrogen (secondary N) is 1. The fourth-order valence-electron chi connectivity index (χ4n) is 2.06. The normalized spacial score (nSPS) is 13.9. The quantitative estimate of drug-likeness (QED) is 0.772. The van der Waals surface area contributed by atoms with Crippen LogP contribution in [0.4, 0.5) is 4.39 Å². The second-order valence-corrected chi connectivity index (χ2v) is 4.72. The smallest absolute Gasteiger partial charge is 0.307 e. The van der Waals surface area contributed by atoms with Gasteiger partial charge in [0.2, 0.25) is 0 Å². The maximum absolute atomic E-state index is 14.0. The van der Waals surface area contributed by atoms with E-state index in [1.807, 2.05) is 13.8 Å². The third-order valence-corrected chi connectivity index (χ3v) is 3.04. The molecule has 1 atom stereocenters. The zero-order chi connectivity index (χ0) is 14.3. The number of halogens is 1. The van der Waals surface area contributed by atoms with Gasteiger partial charge in [0.05, 0.1) is 18.6 Å². The first-order chi connectivity index (χ1) is 9.03. The first kappa shape index (κ1) is 15.6. The molecule has 0 radical (unpaired) electrons. The summed E-state index contributed by atoms with van der Waals surface area (Å²) in [6.45, 7) is 6.67. The average molecular weight is 267 g/mol. The largest absolute Gasteiger partial charge is 0.466 e. The number of carbonyl (C=O) groups excluding carboxylic acids is 1. The molecule has 0 aliphatic rings. The molecule has 1 aromatic rings. The van der Waals surface area contributed by atoms with E-state index in [4.69, 9.17) is 4.74 Å². The van der Waals surface area contributed by atoms with Gasteiger partial charge in [0.1, 0.15) is 5.82 Å². The summed E-state index contributed by atoms with van der Waals surface area (Å²) in [5, 5.41) is 3.25. The number of esters is 1. The van der Waals surface area contributed by atoms with Gasteiger partial charge >= 0.3 is 5.97 Å². The molecule has 0 heterocycles. The van der Waals surface area contributed by atoms with Crippen LogP contribution in [0.15, 0.2) is 24.3 Å². The molecule has 1 N–H and O–H groups in total. The van der Waals surface area contributed by atoms with Crippen LogP contribution in [0.3, 0.4) is 0 Å². The highest BCUT2D eigenvalue weighted by Gasteiger charge is 2.31. The van der Waals surface area contributed by atoms with Crippen LogP contribution in [0.5, 0.6) is 0 Å². The Morgan fingerprint density at radius 3 is 2.63 bits per heavy atom. The molecule has 0 saturated carbocycles. The van der Waals surface area contributed by atoms with Crippen molar-refractivity contribution >= 4 is 5.97 Å². The Hall–Kier alpha value is -1.42. The van der Waals surface area contributed by atoms with E-state index < -0.39 is 5.54 Å². The summed E-state index contributed by atoms with van der Waals surface area (Å²) in [5.41, 5.74) is -0.246. The second kappa shape index (κ2) is 7.24. The van der Waals surface area contributed by atoms with Gasteiger partial charge in [0.15, 0.2) is 0 Å². The highest BCUT2D eigenvalue weighted by molar-refractivity contribution is 5.71. The van der Waals surface area contributed by atoms with E-state index in [1.165, 1.54) is 6.07 Å². The minimum atomic E-state index is -0.742. The Kier molecular flexibility index (Phi) is 5.96. The van der Waals surface area contributed by atoms with Crippen molar-refractivity contribution in [2.45, 2.75) is 39.2 Å². The summed E-state index contributed by atoms with van der Waals surface area (Å²) in [6.07, 6.45) is 1.02. The van der Waals surface area contributed by atoms with Crippen LogP contribution in [0.1, 0.15) is 39.2 Å². The SMILES string of the molecule is CCCNC(C)(CC(=O)OCC)c1ccccc1F. The molecule has 0 amide bonds. The molecule has 1 rings (SSSR count). The Balaban J connectivity index is 2.98. The van der Waals surface area contributed by atoms with Crippen molar-refractivity contribution < 1.29 is 13.9 Å². The molecule has 3 nitrogen and oxygen atoms in total. The maximum atomic E-state index is 14.0. The minimum absolute atomic E-state index is 0.113. The van der Waals surface area contributed by atoms with Crippen LogP contribution in [0.2, 0.25) is 0 Å². The Labute approximate surface area is 114 Å². The average Bonchev–Trinajstić information content (AvgIpc) is 2.37. The molecule has 106 valence electrons. The van der Waals surface area contributed by atoms with Crippen LogP contribution in [0, 0.1) is 5.82 Å². The summed E-state index contributed by atoms with van der Waals surface area (Å²) in [5.74, 6) is -0.630. The zero-order valence-corrected chi connectivity index (χ0v) is 11.8. The maximum Gasteiger partial charge on any atom is 0.307 e. The topological polar surface area (TPSA) is 38.3 Å². The third kappa shape index (κ3) is 4.31. The van der Waals surface area contributed by atoms with Gasteiger partial charge in [-0.1, -0.05) is 25.1 Å². The molecule has 1 aromatic carbocycles. The van der Waals surface area contributed by atoms with E-state index in [0.717, 1.165) is 6.42 Å². The number of hydrogen-bond acceptors (Lipinski definition) is 3. The molecule has 0 spiro atoms. The monoisotopic (exact) mass is 267 g/mol. The molecule has 0 aromatic heterocycles. The van der Waals surface area contributed by atoms with Gasteiger partial charge in [0.25, 0.3) is 0 Å². The van der Waals surface area contributed by atoms with Gasteiger partial charge in [-0.15, -0.1) is 0 Å². The Morgan fingerprint density at radius 1 is 1.37 bits per heavy atom. The predicted molar refractivity (Wildman–Crippen MR) is 73.3 cm³/mol. The summed E-state index contributed by atoms with van der Waals surface area (Å²) in [6, 6.07) is 6.53. The second-order valence-electron chi connectivity index (χ2n) is 4.72. The van der Waals surface area contributed by atoms with Crippen molar-refractivity contribution in [2.24, 2.45) is 0 Å². The van der Waals surface area contributed by atoms with E-state index in [-0.39, 0.29) is 18.2 Å². The number of carbonyl (C=O) groups is 1. The van der Waals surface area contributed by atoms with Crippen LogP contribution in [0.25, 0.3) is 0 Å². The standard InChI is InChI=1S/C15H22FNO2/c1-4-10-17-15(3,11-14(18)19-5-2)12-8-6-7-9-13(12)16/h6-9,17H,4-5,10-11H2,1-3H3. The van der Waals surface area contributed by atoms with Crippen molar-refractivity contribution in [3.8, 4) is 0 Å². The van der Waals surface area contributed by atoms with Gasteiger partial charge in [-0.25, -0.2) is 4.39 Å². The molecule has 1 unspecified atom stereocenters. The van der Waals surface area contributed by atoms with E-state index in [1.54, 1.807) is 25.1 Å². The van der Waals surface area contributed by atoms with Crippen molar-refractivity contribution in [1.29, 1.82) is 0 Å². The van der Waals surface area contributed by atoms with E-state index in [0.29, 0.717) is 18.7 Å². The number of ether oxygens (including phenoxy) is 1. The van der Waals surface area contributed by atoms with Crippen molar-refractivity contribution in [1.82, 2.24) is 5.32 Å². The Morgan fingerprint density at radius 2 is 2.05 bits per heavy atom. The van der Waals surface area contributed by atoms with Crippen molar-refractivity contribution in [2.75, 3.05) is 13.2 Å². The van der Waals surface area contributed by atoms with Gasteiger partial charge in [-0.05, 0) is 32.9 Å². The summed E-state index contributed by atoms with van der Waals surface area (Å²) >= 11 is 0. The zero-order valence-electron chi connectivity index (χ0n) is 11.8. The Bertz CT molecular complexity index is 422. The van der Waals surface area contributed by atoms with E-state index in [9.17, 15) is 9.18 Å². The van der Waals surface area contributed by atoms with Gasteiger partial charge < -0.3 is 10.1 Å². The molecular formula is C15H22FNO2. The van der Waals surface area contributed by atoms with E-state index in [2.05, 4.69) is 5.32 Å².